The van der Waals surface area contributed by atoms with Gasteiger partial charge in [-0.2, -0.15) is 0 Å². The van der Waals surface area contributed by atoms with Crippen molar-refractivity contribution in [3.05, 3.63) is 35.9 Å². The van der Waals surface area contributed by atoms with E-state index in [1.165, 1.54) is 5.56 Å². The van der Waals surface area contributed by atoms with E-state index < -0.39 is 0 Å². The molecule has 0 radical (unpaired) electrons. The summed E-state index contributed by atoms with van der Waals surface area (Å²) in [6.45, 7) is 0. The SMILES string of the molecule is Cn1nnnc1NC1CC1c1ccccc1. The Bertz CT molecular complexity index is 478. The molecule has 1 aliphatic carbocycles. The summed E-state index contributed by atoms with van der Waals surface area (Å²) in [5.41, 5.74) is 1.38. The zero-order valence-corrected chi connectivity index (χ0v) is 9.04. The van der Waals surface area contributed by atoms with Crippen molar-refractivity contribution in [1.82, 2.24) is 20.2 Å². The fraction of sp³-hybridized carbons (Fsp3) is 0.364. The van der Waals surface area contributed by atoms with Gasteiger partial charge in [-0.25, -0.2) is 4.68 Å². The molecule has 0 bridgehead atoms. The number of hydrogen-bond donors (Lipinski definition) is 1. The van der Waals surface area contributed by atoms with Crippen LogP contribution in [0, 0.1) is 0 Å². The van der Waals surface area contributed by atoms with Gasteiger partial charge in [0.15, 0.2) is 0 Å². The molecular formula is C11H13N5. The minimum Gasteiger partial charge on any atom is -0.350 e. The normalized spacial score (nSPS) is 23.1. The standard InChI is InChI=1S/C11H13N5/c1-16-11(13-14-15-16)12-10-7-9(10)8-5-3-2-4-6-8/h2-6,9-10H,7H2,1H3,(H,12,13,15). The summed E-state index contributed by atoms with van der Waals surface area (Å²) >= 11 is 0. The number of rotatable bonds is 3. The average molecular weight is 215 g/mol. The van der Waals surface area contributed by atoms with E-state index in [2.05, 4.69) is 45.1 Å². The van der Waals surface area contributed by atoms with Crippen LogP contribution in [0.5, 0.6) is 0 Å². The van der Waals surface area contributed by atoms with Crippen LogP contribution in [0.1, 0.15) is 17.9 Å². The zero-order valence-electron chi connectivity index (χ0n) is 9.04. The van der Waals surface area contributed by atoms with Crippen LogP contribution in [-0.4, -0.2) is 26.2 Å². The van der Waals surface area contributed by atoms with Crippen LogP contribution in [0.3, 0.4) is 0 Å². The van der Waals surface area contributed by atoms with Gasteiger partial charge < -0.3 is 5.32 Å². The Morgan fingerprint density at radius 3 is 2.81 bits per heavy atom. The molecule has 1 N–H and O–H groups in total. The van der Waals surface area contributed by atoms with Crippen molar-refractivity contribution >= 4 is 5.95 Å². The fourth-order valence-corrected chi connectivity index (χ4v) is 1.94. The van der Waals surface area contributed by atoms with Gasteiger partial charge in [0, 0.05) is 19.0 Å². The maximum absolute atomic E-state index is 3.91. The Hall–Kier alpha value is -1.91. The molecule has 1 aromatic carbocycles. The number of nitrogens with one attached hydrogen (secondary N) is 1. The molecule has 2 unspecified atom stereocenters. The van der Waals surface area contributed by atoms with Crippen molar-refractivity contribution in [3.63, 3.8) is 0 Å². The summed E-state index contributed by atoms with van der Waals surface area (Å²) in [4.78, 5) is 0. The second-order valence-electron chi connectivity index (χ2n) is 4.13. The van der Waals surface area contributed by atoms with E-state index in [1.54, 1.807) is 4.68 Å². The predicted molar refractivity (Wildman–Crippen MR) is 60.0 cm³/mol. The average Bonchev–Trinajstić information content (AvgIpc) is 2.97. The molecule has 82 valence electrons. The Balaban J connectivity index is 1.67. The topological polar surface area (TPSA) is 55.6 Å². The highest BCUT2D eigenvalue weighted by atomic mass is 15.6. The van der Waals surface area contributed by atoms with E-state index in [0.29, 0.717) is 12.0 Å². The molecular weight excluding hydrogens is 202 g/mol. The van der Waals surface area contributed by atoms with Crippen LogP contribution in [0.15, 0.2) is 30.3 Å². The smallest absolute Gasteiger partial charge is 0.242 e. The zero-order chi connectivity index (χ0) is 11.0. The summed E-state index contributed by atoms with van der Waals surface area (Å²) in [5.74, 6) is 1.33. The van der Waals surface area contributed by atoms with E-state index in [1.807, 2.05) is 13.1 Å². The Morgan fingerprint density at radius 1 is 1.31 bits per heavy atom. The van der Waals surface area contributed by atoms with Gasteiger partial charge in [-0.15, -0.1) is 0 Å². The first-order valence-corrected chi connectivity index (χ1v) is 5.38. The lowest BCUT2D eigenvalue weighted by atomic mass is 10.1. The van der Waals surface area contributed by atoms with Gasteiger partial charge in [0.25, 0.3) is 0 Å². The maximum Gasteiger partial charge on any atom is 0.242 e. The third-order valence-corrected chi connectivity index (χ3v) is 2.95. The highest BCUT2D eigenvalue weighted by Crippen LogP contribution is 2.42. The molecule has 3 rings (SSSR count). The third-order valence-electron chi connectivity index (χ3n) is 2.95. The fourth-order valence-electron chi connectivity index (χ4n) is 1.94. The van der Waals surface area contributed by atoms with E-state index in [0.717, 1.165) is 12.4 Å². The monoisotopic (exact) mass is 215 g/mol. The van der Waals surface area contributed by atoms with Gasteiger partial charge in [0.1, 0.15) is 0 Å². The Labute approximate surface area is 93.5 Å². The highest BCUT2D eigenvalue weighted by Gasteiger charge is 2.39. The van der Waals surface area contributed by atoms with Crippen LogP contribution >= 0.6 is 0 Å². The number of nitrogens with zero attached hydrogens (tertiary/aromatic N) is 4. The Morgan fingerprint density at radius 2 is 2.12 bits per heavy atom. The molecule has 5 heteroatoms. The summed E-state index contributed by atoms with van der Waals surface area (Å²) < 4.78 is 1.65. The molecule has 2 aromatic rings. The number of aromatic nitrogens is 4. The summed E-state index contributed by atoms with van der Waals surface area (Å²) in [7, 11) is 1.84. The first kappa shape index (κ1) is 9.33. The van der Waals surface area contributed by atoms with E-state index in [9.17, 15) is 0 Å². The van der Waals surface area contributed by atoms with Gasteiger partial charge >= 0.3 is 0 Å². The van der Waals surface area contributed by atoms with Crippen LogP contribution in [0.4, 0.5) is 5.95 Å². The van der Waals surface area contributed by atoms with Gasteiger partial charge in [-0.3, -0.25) is 0 Å². The third kappa shape index (κ3) is 1.64. The van der Waals surface area contributed by atoms with Gasteiger partial charge in [-0.05, 0) is 22.4 Å². The second kappa shape index (κ2) is 3.59. The maximum atomic E-state index is 3.91. The number of tetrazole rings is 1. The van der Waals surface area contributed by atoms with Crippen LogP contribution in [0.25, 0.3) is 0 Å². The van der Waals surface area contributed by atoms with Crippen molar-refractivity contribution in [1.29, 1.82) is 0 Å². The lowest BCUT2D eigenvalue weighted by Gasteiger charge is -2.03. The molecule has 2 atom stereocenters. The number of anilines is 1. The van der Waals surface area contributed by atoms with Gasteiger partial charge in [0.05, 0.1) is 0 Å². The van der Waals surface area contributed by atoms with Crippen LogP contribution in [-0.2, 0) is 7.05 Å². The highest BCUT2D eigenvalue weighted by molar-refractivity contribution is 5.36. The second-order valence-corrected chi connectivity index (χ2v) is 4.13. The minimum absolute atomic E-state index is 0.465. The molecule has 0 saturated heterocycles. The van der Waals surface area contributed by atoms with Crippen molar-refractivity contribution < 1.29 is 0 Å². The van der Waals surface area contributed by atoms with E-state index in [4.69, 9.17) is 0 Å². The quantitative estimate of drug-likeness (QED) is 0.835. The number of aryl methyl sites for hydroxylation is 1. The first-order valence-electron chi connectivity index (χ1n) is 5.38. The molecule has 0 spiro atoms. The first-order chi connectivity index (χ1) is 7.84. The predicted octanol–water partition coefficient (Wildman–Crippen LogP) is 1.18. The van der Waals surface area contributed by atoms with Crippen molar-refractivity contribution in [2.45, 2.75) is 18.4 Å². The molecule has 0 aliphatic heterocycles. The summed E-state index contributed by atoms with van der Waals surface area (Å²) in [5, 5.41) is 14.6. The Kier molecular flexibility index (Phi) is 2.09. The molecule has 1 heterocycles. The van der Waals surface area contributed by atoms with Crippen LogP contribution in [0.2, 0.25) is 0 Å². The number of benzene rings is 1. The molecule has 1 fully saturated rings. The van der Waals surface area contributed by atoms with E-state index in [-0.39, 0.29) is 0 Å². The van der Waals surface area contributed by atoms with Gasteiger partial charge in [-0.1, -0.05) is 35.4 Å². The largest absolute Gasteiger partial charge is 0.350 e. The van der Waals surface area contributed by atoms with Crippen molar-refractivity contribution in [2.75, 3.05) is 5.32 Å². The molecule has 1 aliphatic rings. The molecule has 16 heavy (non-hydrogen) atoms. The molecule has 0 amide bonds. The minimum atomic E-state index is 0.465. The van der Waals surface area contributed by atoms with Crippen molar-refractivity contribution in [3.8, 4) is 0 Å². The molecule has 1 aromatic heterocycles. The van der Waals surface area contributed by atoms with E-state index >= 15 is 0 Å². The van der Waals surface area contributed by atoms with Crippen LogP contribution < -0.4 is 5.32 Å². The number of hydrogen-bond acceptors (Lipinski definition) is 4. The molecule has 1 saturated carbocycles. The summed E-state index contributed by atoms with van der Waals surface area (Å²) in [6, 6.07) is 11.0. The molecule has 5 nitrogen and oxygen atoms in total. The van der Waals surface area contributed by atoms with Gasteiger partial charge in [0.2, 0.25) is 5.95 Å². The summed E-state index contributed by atoms with van der Waals surface area (Å²) in [6.07, 6.45) is 1.15. The van der Waals surface area contributed by atoms with Crippen molar-refractivity contribution in [2.24, 2.45) is 7.05 Å². The lowest BCUT2D eigenvalue weighted by molar-refractivity contribution is 0.711. The lowest BCUT2D eigenvalue weighted by Crippen LogP contribution is -2.09.